The lowest BCUT2D eigenvalue weighted by atomic mass is 9.55. The van der Waals surface area contributed by atoms with Crippen molar-refractivity contribution in [1.82, 2.24) is 9.80 Å². The van der Waals surface area contributed by atoms with Crippen molar-refractivity contribution in [3.05, 3.63) is 36.0 Å². The van der Waals surface area contributed by atoms with Crippen molar-refractivity contribution in [2.24, 2.45) is 11.3 Å². The van der Waals surface area contributed by atoms with Crippen LogP contribution >= 0.6 is 0 Å². The summed E-state index contributed by atoms with van der Waals surface area (Å²) < 4.78 is 0. The van der Waals surface area contributed by atoms with Crippen LogP contribution < -0.4 is 0 Å². The lowest BCUT2D eigenvalue weighted by Crippen LogP contribution is -2.66. The highest BCUT2D eigenvalue weighted by Crippen LogP contribution is 2.59. The molecule has 3 bridgehead atoms. The molecule has 6 atom stereocenters. The monoisotopic (exact) mass is 410 g/mol. The van der Waals surface area contributed by atoms with Gasteiger partial charge in [0.15, 0.2) is 0 Å². The molecule has 1 spiro atoms. The number of hydrogen-bond donors (Lipinski definition) is 1. The molecule has 5 aliphatic rings. The number of rotatable bonds is 1. The zero-order valence-electron chi connectivity index (χ0n) is 18.3. The Hall–Kier alpha value is -1.23. The van der Waals surface area contributed by atoms with Crippen molar-refractivity contribution >= 4 is 6.29 Å². The van der Waals surface area contributed by atoms with Crippen LogP contribution in [-0.2, 0) is 4.79 Å². The molecule has 0 aromatic carbocycles. The van der Waals surface area contributed by atoms with E-state index in [-0.39, 0.29) is 11.5 Å². The molecule has 5 rings (SSSR count). The summed E-state index contributed by atoms with van der Waals surface area (Å²) in [4.78, 5) is 17.5. The van der Waals surface area contributed by atoms with Crippen LogP contribution in [0.4, 0.5) is 0 Å². The molecule has 0 aromatic rings. The lowest BCUT2D eigenvalue weighted by Gasteiger charge is -2.57. The summed E-state index contributed by atoms with van der Waals surface area (Å²) in [5.41, 5.74) is -0.0582. The van der Waals surface area contributed by atoms with E-state index in [1.165, 1.54) is 32.1 Å². The summed E-state index contributed by atoms with van der Waals surface area (Å²) in [6.45, 7) is 4.33. The van der Waals surface area contributed by atoms with E-state index in [9.17, 15) is 9.90 Å². The van der Waals surface area contributed by atoms with Gasteiger partial charge >= 0.3 is 0 Å². The topological polar surface area (TPSA) is 43.8 Å². The van der Waals surface area contributed by atoms with E-state index in [1.54, 1.807) is 0 Å². The minimum Gasteiger partial charge on any atom is -0.384 e. The lowest BCUT2D eigenvalue weighted by molar-refractivity contribution is -0.114. The molecule has 164 valence electrons. The summed E-state index contributed by atoms with van der Waals surface area (Å²) in [5, 5.41) is 12.2. The number of carbonyl (C=O) groups is 1. The fraction of sp³-hybridized carbons (Fsp3) is 0.731. The molecule has 4 nitrogen and oxygen atoms in total. The Morgan fingerprint density at radius 2 is 1.80 bits per heavy atom. The zero-order chi connectivity index (χ0) is 20.6. The second-order valence-corrected chi connectivity index (χ2v) is 10.4. The smallest absolute Gasteiger partial charge is 0.146 e. The van der Waals surface area contributed by atoms with E-state index in [4.69, 9.17) is 0 Å². The number of allylic oxidation sites excluding steroid dienone is 4. The molecule has 1 aliphatic carbocycles. The third kappa shape index (κ3) is 3.45. The molecular formula is C26H38N2O2. The molecule has 2 fully saturated rings. The first-order valence-electron chi connectivity index (χ1n) is 12.4. The Bertz CT molecular complexity index is 743. The average Bonchev–Trinajstić information content (AvgIpc) is 3.01. The molecule has 0 aromatic heterocycles. The normalized spacial score (nSPS) is 46.6. The summed E-state index contributed by atoms with van der Waals surface area (Å²) in [6.07, 6.45) is 23.4. The van der Waals surface area contributed by atoms with Gasteiger partial charge in [-0.25, -0.2) is 0 Å². The average molecular weight is 411 g/mol. The minimum absolute atomic E-state index is 0.0187. The summed E-state index contributed by atoms with van der Waals surface area (Å²) in [6, 6.07) is 0.510. The number of aliphatic hydroxyl groups is 1. The van der Waals surface area contributed by atoms with Gasteiger partial charge in [0.1, 0.15) is 6.29 Å². The van der Waals surface area contributed by atoms with E-state index in [0.717, 1.165) is 63.7 Å². The highest BCUT2D eigenvalue weighted by atomic mass is 16.3. The fourth-order valence-corrected chi connectivity index (χ4v) is 7.53. The molecule has 4 heteroatoms. The Balaban J connectivity index is 1.63. The number of nitrogens with zero attached hydrogens (tertiary/aromatic N) is 2. The Morgan fingerprint density at radius 1 is 1.00 bits per heavy atom. The van der Waals surface area contributed by atoms with Crippen LogP contribution in [0.3, 0.4) is 0 Å². The van der Waals surface area contributed by atoms with Gasteiger partial charge in [0.2, 0.25) is 0 Å². The number of carbonyl (C=O) groups excluding carboxylic acids is 1. The molecule has 2 unspecified atom stereocenters. The minimum atomic E-state index is -0.921. The van der Waals surface area contributed by atoms with Crippen LogP contribution in [0, 0.1) is 11.3 Å². The van der Waals surface area contributed by atoms with Crippen LogP contribution in [0.25, 0.3) is 0 Å². The quantitative estimate of drug-likeness (QED) is 0.526. The zero-order valence-corrected chi connectivity index (χ0v) is 18.3. The first-order chi connectivity index (χ1) is 14.7. The van der Waals surface area contributed by atoms with Crippen molar-refractivity contribution in [1.29, 1.82) is 0 Å². The molecular weight excluding hydrogens is 372 g/mol. The van der Waals surface area contributed by atoms with Gasteiger partial charge in [-0.1, -0.05) is 24.3 Å². The second-order valence-electron chi connectivity index (χ2n) is 10.4. The Morgan fingerprint density at radius 3 is 2.67 bits per heavy atom. The molecule has 4 aliphatic heterocycles. The van der Waals surface area contributed by atoms with Crippen molar-refractivity contribution in [3.8, 4) is 0 Å². The van der Waals surface area contributed by atoms with Gasteiger partial charge < -0.3 is 10.0 Å². The van der Waals surface area contributed by atoms with Crippen LogP contribution in [-0.4, -0.2) is 65.1 Å². The first-order valence-corrected chi connectivity index (χ1v) is 12.4. The molecule has 2 saturated heterocycles. The highest BCUT2D eigenvalue weighted by molar-refractivity contribution is 5.76. The van der Waals surface area contributed by atoms with Crippen LogP contribution in [0.1, 0.15) is 64.2 Å². The van der Waals surface area contributed by atoms with Crippen LogP contribution in [0.5, 0.6) is 0 Å². The predicted molar refractivity (Wildman–Crippen MR) is 120 cm³/mol. The third-order valence-corrected chi connectivity index (χ3v) is 8.63. The highest BCUT2D eigenvalue weighted by Gasteiger charge is 2.65. The van der Waals surface area contributed by atoms with Crippen molar-refractivity contribution in [2.75, 3.05) is 26.2 Å². The van der Waals surface area contributed by atoms with E-state index in [0.29, 0.717) is 18.4 Å². The second kappa shape index (κ2) is 8.37. The summed E-state index contributed by atoms with van der Waals surface area (Å²) >= 11 is 0. The molecule has 0 saturated carbocycles. The Labute approximate surface area is 181 Å². The molecule has 0 amide bonds. The predicted octanol–water partition coefficient (Wildman–Crippen LogP) is 3.87. The molecule has 4 heterocycles. The van der Waals surface area contributed by atoms with Gasteiger partial charge in [-0.15, -0.1) is 0 Å². The van der Waals surface area contributed by atoms with Gasteiger partial charge in [0.05, 0.1) is 11.6 Å². The van der Waals surface area contributed by atoms with E-state index >= 15 is 0 Å². The number of fused-ring (bicyclic) bond motifs is 2. The van der Waals surface area contributed by atoms with Crippen LogP contribution in [0.15, 0.2) is 36.0 Å². The standard InChI is InChI=1S/C26H38N2O2/c29-19-21-17-26(30)13-8-4-1-2-5-9-14-27-16-12-23(21)25(20-27)18-22-11-7-3-6-10-15-28(22)24(25)26/h1,4,7,11,17,19,22-24,30H,2-3,5-6,8-10,12-16,18,20H2/b4-1-,11-7-/t22?,23-,24+,25-,26-/m0/s1. The third-order valence-electron chi connectivity index (χ3n) is 8.63. The maximum atomic E-state index is 12.2. The van der Waals surface area contributed by atoms with Gasteiger partial charge in [-0.05, 0) is 101 Å². The maximum absolute atomic E-state index is 12.2. The van der Waals surface area contributed by atoms with Gasteiger partial charge in [-0.2, -0.15) is 0 Å². The first kappa shape index (κ1) is 20.7. The molecule has 1 N–H and O–H groups in total. The van der Waals surface area contributed by atoms with Crippen LogP contribution in [0.2, 0.25) is 0 Å². The SMILES string of the molecule is O=CC1=C[C@@]2(O)CC/C=C\CCCCN3CC[C@@H]1[C@]1(CC4/C=C\CCCCN4[C@H]12)C3. The number of piperidine rings is 1. The van der Waals surface area contributed by atoms with Gasteiger partial charge in [-0.3, -0.25) is 9.69 Å². The van der Waals surface area contributed by atoms with E-state index in [2.05, 4.69) is 34.1 Å². The van der Waals surface area contributed by atoms with E-state index in [1.807, 2.05) is 6.08 Å². The van der Waals surface area contributed by atoms with Gasteiger partial charge in [0, 0.05) is 18.0 Å². The number of aldehydes is 1. The largest absolute Gasteiger partial charge is 0.384 e. The Kier molecular flexibility index (Phi) is 5.76. The van der Waals surface area contributed by atoms with E-state index < -0.39 is 5.60 Å². The number of hydrogen-bond acceptors (Lipinski definition) is 4. The van der Waals surface area contributed by atoms with Gasteiger partial charge in [0.25, 0.3) is 0 Å². The fourth-order valence-electron chi connectivity index (χ4n) is 7.53. The van der Waals surface area contributed by atoms with Crippen molar-refractivity contribution < 1.29 is 9.90 Å². The summed E-state index contributed by atoms with van der Waals surface area (Å²) in [7, 11) is 0. The maximum Gasteiger partial charge on any atom is 0.146 e. The molecule has 30 heavy (non-hydrogen) atoms. The van der Waals surface area contributed by atoms with Crippen molar-refractivity contribution in [2.45, 2.75) is 81.9 Å². The summed E-state index contributed by atoms with van der Waals surface area (Å²) in [5.74, 6) is 0.291. The molecule has 0 radical (unpaired) electrons. The van der Waals surface area contributed by atoms with Crippen molar-refractivity contribution in [3.63, 3.8) is 0 Å².